The number of benzene rings is 2. The van der Waals surface area contributed by atoms with Gasteiger partial charge >= 0.3 is 0 Å². The molecule has 2 aromatic rings. The normalized spacial score (nSPS) is 18.7. The highest BCUT2D eigenvalue weighted by Crippen LogP contribution is 2.24. The maximum absolute atomic E-state index is 14.2. The first-order valence-electron chi connectivity index (χ1n) is 11.7. The van der Waals surface area contributed by atoms with Crippen molar-refractivity contribution in [1.82, 2.24) is 15.5 Å². The molecule has 0 radical (unpaired) electrons. The summed E-state index contributed by atoms with van der Waals surface area (Å²) >= 11 is 0. The van der Waals surface area contributed by atoms with Gasteiger partial charge in [0.2, 0.25) is 11.8 Å². The summed E-state index contributed by atoms with van der Waals surface area (Å²) in [5, 5.41) is 5.68. The first-order valence-corrected chi connectivity index (χ1v) is 11.7. The molecule has 1 aliphatic rings. The highest BCUT2D eigenvalue weighted by molar-refractivity contribution is 5.88. The van der Waals surface area contributed by atoms with Crippen molar-refractivity contribution < 1.29 is 27.5 Å². The number of aryl methyl sites for hydroxylation is 1. The highest BCUT2D eigenvalue weighted by atomic mass is 19.3. The Balaban J connectivity index is 1.78. The van der Waals surface area contributed by atoms with E-state index in [4.69, 9.17) is 4.74 Å². The van der Waals surface area contributed by atoms with E-state index in [1.165, 1.54) is 0 Å². The van der Waals surface area contributed by atoms with Crippen LogP contribution in [-0.4, -0.2) is 62.1 Å². The van der Waals surface area contributed by atoms with Crippen molar-refractivity contribution in [2.45, 2.75) is 44.4 Å². The second-order valence-corrected chi connectivity index (χ2v) is 8.68. The second-order valence-electron chi connectivity index (χ2n) is 8.68. The molecule has 1 fully saturated rings. The number of methoxy groups -OCH3 is 1. The van der Waals surface area contributed by atoms with E-state index in [9.17, 15) is 22.8 Å². The fourth-order valence-electron chi connectivity index (χ4n) is 4.37. The van der Waals surface area contributed by atoms with Crippen LogP contribution >= 0.6 is 0 Å². The minimum Gasteiger partial charge on any atom is -0.497 e. The lowest BCUT2D eigenvalue weighted by atomic mass is 9.88. The molecule has 3 atom stereocenters. The average Bonchev–Trinajstić information content (AvgIpc) is 2.86. The third kappa shape index (κ3) is 7.99. The smallest absolute Gasteiger partial charge is 0.255 e. The number of alkyl halides is 3. The molecule has 2 aromatic carbocycles. The summed E-state index contributed by atoms with van der Waals surface area (Å²) in [6.07, 6.45) is -3.78. The summed E-state index contributed by atoms with van der Waals surface area (Å²) in [5.41, 5.74) is 1.67. The highest BCUT2D eigenvalue weighted by Gasteiger charge is 2.39. The molecule has 2 N–H and O–H groups in total. The fourth-order valence-corrected chi connectivity index (χ4v) is 4.37. The molecule has 1 saturated heterocycles. The van der Waals surface area contributed by atoms with Crippen LogP contribution in [0.5, 0.6) is 5.75 Å². The Morgan fingerprint density at radius 1 is 1.09 bits per heavy atom. The molecule has 0 spiro atoms. The Bertz CT molecular complexity index is 944. The number of carbonyl (C=O) groups is 2. The Morgan fingerprint density at radius 3 is 2.43 bits per heavy atom. The van der Waals surface area contributed by atoms with Crippen LogP contribution in [0.2, 0.25) is 0 Å². The van der Waals surface area contributed by atoms with Gasteiger partial charge in [0.25, 0.3) is 6.43 Å². The number of hydrogen-bond donors (Lipinski definition) is 2. The molecule has 2 amide bonds. The van der Waals surface area contributed by atoms with Crippen molar-refractivity contribution >= 4 is 11.8 Å². The number of halogens is 3. The lowest BCUT2D eigenvalue weighted by Crippen LogP contribution is -2.58. The van der Waals surface area contributed by atoms with E-state index in [2.05, 4.69) is 10.6 Å². The Hall–Kier alpha value is -3.07. The number of nitrogens with zero attached hydrogens (tertiary/aromatic N) is 1. The second kappa shape index (κ2) is 13.1. The molecule has 0 saturated carbocycles. The molecule has 190 valence electrons. The maximum atomic E-state index is 14.2. The van der Waals surface area contributed by atoms with Crippen LogP contribution in [0.25, 0.3) is 0 Å². The topological polar surface area (TPSA) is 70.7 Å². The van der Waals surface area contributed by atoms with Gasteiger partial charge in [-0.15, -0.1) is 0 Å². The van der Waals surface area contributed by atoms with E-state index in [-0.39, 0.29) is 32.5 Å². The predicted octanol–water partition coefficient (Wildman–Crippen LogP) is 3.35. The summed E-state index contributed by atoms with van der Waals surface area (Å²) in [6.45, 7) is -0.319. The molecule has 0 aromatic heterocycles. The van der Waals surface area contributed by atoms with E-state index >= 15 is 0 Å². The molecule has 1 aliphatic heterocycles. The van der Waals surface area contributed by atoms with Gasteiger partial charge in [0, 0.05) is 32.0 Å². The summed E-state index contributed by atoms with van der Waals surface area (Å²) in [6, 6.07) is 15.0. The van der Waals surface area contributed by atoms with Crippen LogP contribution in [0, 0.1) is 5.92 Å². The van der Waals surface area contributed by atoms with Crippen molar-refractivity contribution in [2.24, 2.45) is 5.92 Å². The van der Waals surface area contributed by atoms with E-state index in [0.717, 1.165) is 16.0 Å². The number of piperidine rings is 1. The van der Waals surface area contributed by atoms with E-state index in [1.54, 1.807) is 31.4 Å². The molecule has 1 heterocycles. The minimum atomic E-state index is -2.83. The van der Waals surface area contributed by atoms with Gasteiger partial charge in [-0.05, 0) is 36.1 Å². The van der Waals surface area contributed by atoms with Gasteiger partial charge in [-0.3, -0.25) is 9.59 Å². The zero-order valence-electron chi connectivity index (χ0n) is 19.8. The third-order valence-electron chi connectivity index (χ3n) is 6.13. The van der Waals surface area contributed by atoms with Crippen molar-refractivity contribution in [3.8, 4) is 5.75 Å². The summed E-state index contributed by atoms with van der Waals surface area (Å²) in [7, 11) is 1.55. The molecule has 3 unspecified atom stereocenters. The van der Waals surface area contributed by atoms with Gasteiger partial charge in [0.15, 0.2) is 0 Å². The maximum Gasteiger partial charge on any atom is 0.255 e. The van der Waals surface area contributed by atoms with E-state index in [0.29, 0.717) is 12.2 Å². The number of carbonyl (C=O) groups excluding carboxylic acids is 2. The largest absolute Gasteiger partial charge is 0.497 e. The van der Waals surface area contributed by atoms with Gasteiger partial charge in [0.1, 0.15) is 18.0 Å². The van der Waals surface area contributed by atoms with Crippen LogP contribution in [0.15, 0.2) is 54.6 Å². The SMILES string of the molecule is COc1ccc(CCC(=O)N(CC(F)F)C(C(=O)NCc2ccccc2)C2CNCC(F)C2)cc1. The monoisotopic (exact) mass is 491 g/mol. The molecule has 0 aliphatic carbocycles. The van der Waals surface area contributed by atoms with Gasteiger partial charge in [-0.1, -0.05) is 42.5 Å². The fraction of sp³-hybridized carbons (Fsp3) is 0.462. The number of hydrogen-bond acceptors (Lipinski definition) is 4. The molecule has 0 bridgehead atoms. The standard InChI is InChI=1S/C26H32F3N3O3/c1-35-22-10-7-18(8-11-22)9-12-24(33)32(17-23(28)29)25(20-13-21(27)16-30-15-20)26(34)31-14-19-5-3-2-4-6-19/h2-8,10-11,20-21,23,25,30H,9,12-17H2,1H3,(H,31,34). The molecule has 35 heavy (non-hydrogen) atoms. The summed E-state index contributed by atoms with van der Waals surface area (Å²) in [4.78, 5) is 27.4. The van der Waals surface area contributed by atoms with E-state index < -0.39 is 42.9 Å². The van der Waals surface area contributed by atoms with Crippen molar-refractivity contribution in [3.63, 3.8) is 0 Å². The number of ether oxygens (including phenoxy) is 1. The predicted molar refractivity (Wildman–Crippen MR) is 127 cm³/mol. The van der Waals surface area contributed by atoms with Crippen molar-refractivity contribution in [3.05, 3.63) is 65.7 Å². The number of nitrogens with one attached hydrogen (secondary N) is 2. The first kappa shape index (κ1) is 26.5. The van der Waals surface area contributed by atoms with Crippen LogP contribution < -0.4 is 15.4 Å². The van der Waals surface area contributed by atoms with Crippen LogP contribution in [0.4, 0.5) is 13.2 Å². The zero-order valence-corrected chi connectivity index (χ0v) is 19.8. The van der Waals surface area contributed by atoms with Crippen LogP contribution in [-0.2, 0) is 22.6 Å². The van der Waals surface area contributed by atoms with Gasteiger partial charge in [-0.2, -0.15) is 0 Å². The minimum absolute atomic E-state index is 0.0158. The van der Waals surface area contributed by atoms with Crippen molar-refractivity contribution in [2.75, 3.05) is 26.7 Å². The van der Waals surface area contributed by atoms with Gasteiger partial charge in [0.05, 0.1) is 13.7 Å². The Kier molecular flexibility index (Phi) is 9.96. The Morgan fingerprint density at radius 2 is 1.80 bits per heavy atom. The first-order chi connectivity index (χ1) is 16.9. The summed E-state index contributed by atoms with van der Waals surface area (Å²) in [5.74, 6) is -1.09. The van der Waals surface area contributed by atoms with E-state index in [1.807, 2.05) is 30.3 Å². The molecule has 3 rings (SSSR count). The van der Waals surface area contributed by atoms with Crippen LogP contribution in [0.3, 0.4) is 0 Å². The zero-order chi connectivity index (χ0) is 25.2. The van der Waals surface area contributed by atoms with Crippen LogP contribution in [0.1, 0.15) is 24.0 Å². The third-order valence-corrected chi connectivity index (χ3v) is 6.13. The number of amides is 2. The molecule has 9 heteroatoms. The average molecular weight is 492 g/mol. The summed E-state index contributed by atoms with van der Waals surface area (Å²) < 4.78 is 46.5. The molecular weight excluding hydrogens is 459 g/mol. The number of rotatable bonds is 11. The van der Waals surface area contributed by atoms with Gasteiger partial charge < -0.3 is 20.3 Å². The molecular formula is C26H32F3N3O3. The molecule has 6 nitrogen and oxygen atoms in total. The van der Waals surface area contributed by atoms with Crippen molar-refractivity contribution in [1.29, 1.82) is 0 Å². The lowest BCUT2D eigenvalue weighted by Gasteiger charge is -2.38. The Labute approximate surface area is 203 Å². The van der Waals surface area contributed by atoms with Gasteiger partial charge in [-0.25, -0.2) is 13.2 Å². The quantitative estimate of drug-likeness (QED) is 0.506. The lowest BCUT2D eigenvalue weighted by molar-refractivity contribution is -0.145.